The van der Waals surface area contributed by atoms with Gasteiger partial charge in [-0.15, -0.1) is 0 Å². The fraction of sp³-hybridized carbons (Fsp3) is 0.765. The van der Waals surface area contributed by atoms with Gasteiger partial charge in [0.1, 0.15) is 0 Å². The zero-order valence-electron chi connectivity index (χ0n) is 13.1. The Hall–Kier alpha value is -0.760. The highest BCUT2D eigenvalue weighted by atomic mass is 15.5. The van der Waals surface area contributed by atoms with Crippen LogP contribution in [0.15, 0.2) is 23.4 Å². The van der Waals surface area contributed by atoms with Gasteiger partial charge >= 0.3 is 0 Å². The summed E-state index contributed by atoms with van der Waals surface area (Å²) in [6.07, 6.45) is 9.67. The third-order valence-electron chi connectivity index (χ3n) is 6.37. The summed E-state index contributed by atoms with van der Waals surface area (Å²) < 4.78 is 0. The van der Waals surface area contributed by atoms with Gasteiger partial charge in [0.2, 0.25) is 0 Å². The van der Waals surface area contributed by atoms with Crippen LogP contribution in [-0.4, -0.2) is 10.5 Å². The maximum absolute atomic E-state index is 6.48. The van der Waals surface area contributed by atoms with Crippen LogP contribution in [0.4, 0.5) is 0 Å². The van der Waals surface area contributed by atoms with Crippen LogP contribution in [0.2, 0.25) is 0 Å². The van der Waals surface area contributed by atoms with Crippen molar-refractivity contribution in [3.8, 4) is 0 Å². The number of hydrogen-bond acceptors (Lipinski definition) is 2. The van der Waals surface area contributed by atoms with Gasteiger partial charge in [-0.2, -0.15) is 0 Å². The Morgan fingerprint density at radius 2 is 1.89 bits per heavy atom. The summed E-state index contributed by atoms with van der Waals surface area (Å²) in [6, 6.07) is 0. The van der Waals surface area contributed by atoms with Crippen LogP contribution < -0.4 is 5.84 Å². The van der Waals surface area contributed by atoms with E-state index in [1.807, 2.05) is 0 Å². The van der Waals surface area contributed by atoms with E-state index < -0.39 is 0 Å². The first kappa shape index (κ1) is 13.2. The first-order chi connectivity index (χ1) is 8.70. The van der Waals surface area contributed by atoms with Gasteiger partial charge in [-0.3, -0.25) is 0 Å². The van der Waals surface area contributed by atoms with Gasteiger partial charge in [-0.05, 0) is 37.7 Å². The van der Waals surface area contributed by atoms with Crippen molar-refractivity contribution in [3.05, 3.63) is 23.4 Å². The Labute approximate surface area is 117 Å². The molecule has 0 aromatic carbocycles. The molecule has 1 heterocycles. The molecular formula is C17H28N2. The van der Waals surface area contributed by atoms with E-state index in [0.29, 0.717) is 11.3 Å². The minimum absolute atomic E-state index is 0.157. The molecule has 0 bridgehead atoms. The molecule has 19 heavy (non-hydrogen) atoms. The minimum atomic E-state index is 0.157. The summed E-state index contributed by atoms with van der Waals surface area (Å²) in [6.45, 7) is 11.8. The van der Waals surface area contributed by atoms with E-state index in [1.165, 1.54) is 31.4 Å². The van der Waals surface area contributed by atoms with Gasteiger partial charge in [0.15, 0.2) is 0 Å². The summed E-state index contributed by atoms with van der Waals surface area (Å²) in [4.78, 5) is 0. The predicted molar refractivity (Wildman–Crippen MR) is 80.1 cm³/mol. The third-order valence-corrected chi connectivity index (χ3v) is 6.37. The second-order valence-corrected chi connectivity index (χ2v) is 8.21. The lowest BCUT2D eigenvalue weighted by Crippen LogP contribution is -2.50. The predicted octanol–water partition coefficient (Wildman–Crippen LogP) is 4.00. The topological polar surface area (TPSA) is 29.3 Å². The minimum Gasteiger partial charge on any atom is -0.308 e. The molecule has 3 unspecified atom stereocenters. The highest BCUT2D eigenvalue weighted by molar-refractivity contribution is 5.37. The molecule has 1 saturated carbocycles. The fourth-order valence-corrected chi connectivity index (χ4v) is 4.64. The molecule has 3 rings (SSSR count). The molecule has 2 fully saturated rings. The zero-order valence-corrected chi connectivity index (χ0v) is 13.1. The smallest absolute Gasteiger partial charge is 0.0589 e. The van der Waals surface area contributed by atoms with Crippen molar-refractivity contribution in [2.75, 3.05) is 0 Å². The normalized spacial score (nSPS) is 41.8. The van der Waals surface area contributed by atoms with Gasteiger partial charge < -0.3 is 5.01 Å². The van der Waals surface area contributed by atoms with Crippen molar-refractivity contribution < 1.29 is 0 Å². The monoisotopic (exact) mass is 260 g/mol. The Morgan fingerprint density at radius 3 is 2.53 bits per heavy atom. The molecule has 1 saturated heterocycles. The number of rotatable bonds is 0. The van der Waals surface area contributed by atoms with Crippen molar-refractivity contribution in [2.45, 2.75) is 65.8 Å². The van der Waals surface area contributed by atoms with Gasteiger partial charge in [0.25, 0.3) is 0 Å². The Balaban J connectivity index is 2.03. The number of allylic oxidation sites excluding steroid dienone is 4. The SMILES string of the molecule is CC(C)(C)C1=CC=C2C(C1)C1(C)CCCC1(C)N2N. The van der Waals surface area contributed by atoms with Gasteiger partial charge in [0, 0.05) is 17.0 Å². The van der Waals surface area contributed by atoms with Gasteiger partial charge in [-0.25, -0.2) is 5.84 Å². The van der Waals surface area contributed by atoms with Crippen molar-refractivity contribution in [2.24, 2.45) is 22.6 Å². The Kier molecular flexibility index (Phi) is 2.55. The third kappa shape index (κ3) is 1.53. The van der Waals surface area contributed by atoms with E-state index in [4.69, 9.17) is 5.84 Å². The Morgan fingerprint density at radius 1 is 1.21 bits per heavy atom. The molecule has 2 N–H and O–H groups in total. The Bertz CT molecular complexity index is 468. The zero-order chi connectivity index (χ0) is 14.1. The molecule has 0 spiro atoms. The van der Waals surface area contributed by atoms with E-state index in [-0.39, 0.29) is 11.0 Å². The fourth-order valence-electron chi connectivity index (χ4n) is 4.64. The van der Waals surface area contributed by atoms with Crippen molar-refractivity contribution in [1.29, 1.82) is 0 Å². The number of nitrogens with two attached hydrogens (primary N) is 1. The summed E-state index contributed by atoms with van der Waals surface area (Å²) >= 11 is 0. The molecule has 0 aromatic heterocycles. The maximum atomic E-state index is 6.48. The van der Waals surface area contributed by atoms with Crippen molar-refractivity contribution >= 4 is 0 Å². The highest BCUT2D eigenvalue weighted by Crippen LogP contribution is 2.64. The summed E-state index contributed by atoms with van der Waals surface area (Å²) in [5, 5.41) is 2.11. The second-order valence-electron chi connectivity index (χ2n) is 8.21. The molecule has 2 nitrogen and oxygen atoms in total. The number of hydrogen-bond donors (Lipinski definition) is 1. The molecule has 2 heteroatoms. The van der Waals surface area contributed by atoms with E-state index in [2.05, 4.69) is 51.8 Å². The first-order valence-electron chi connectivity index (χ1n) is 7.66. The standard InChI is InChI=1S/C17H28N2/c1-15(2,3)12-7-8-14-13(11-12)16(4)9-6-10-17(16,5)19(14)18/h7-8,13H,6,9-11,18H2,1-5H3. The molecule has 0 amide bonds. The van der Waals surface area contributed by atoms with Gasteiger partial charge in [-0.1, -0.05) is 45.8 Å². The second kappa shape index (κ2) is 3.66. The molecule has 2 aliphatic carbocycles. The lowest BCUT2D eigenvalue weighted by molar-refractivity contribution is 0.0855. The molecule has 0 aromatic rings. The van der Waals surface area contributed by atoms with Crippen molar-refractivity contribution in [1.82, 2.24) is 5.01 Å². The van der Waals surface area contributed by atoms with Crippen LogP contribution in [0.3, 0.4) is 0 Å². The lowest BCUT2D eigenvalue weighted by Gasteiger charge is -2.40. The highest BCUT2D eigenvalue weighted by Gasteiger charge is 2.63. The van der Waals surface area contributed by atoms with Crippen molar-refractivity contribution in [3.63, 3.8) is 0 Å². The van der Waals surface area contributed by atoms with Gasteiger partial charge in [0.05, 0.1) is 5.54 Å². The summed E-state index contributed by atoms with van der Waals surface area (Å²) in [5.41, 5.74) is 3.73. The van der Waals surface area contributed by atoms with E-state index in [9.17, 15) is 0 Å². The molecule has 3 aliphatic rings. The van der Waals surface area contributed by atoms with Crippen LogP contribution in [-0.2, 0) is 0 Å². The van der Waals surface area contributed by atoms with Crippen LogP contribution in [0.5, 0.6) is 0 Å². The van der Waals surface area contributed by atoms with Crippen LogP contribution >= 0.6 is 0 Å². The van der Waals surface area contributed by atoms with E-state index in [0.717, 1.165) is 0 Å². The number of nitrogens with zero attached hydrogens (tertiary/aromatic N) is 1. The molecule has 1 aliphatic heterocycles. The molecule has 106 valence electrons. The number of fused-ring (bicyclic) bond motifs is 3. The average Bonchev–Trinajstić information content (AvgIpc) is 2.71. The maximum Gasteiger partial charge on any atom is 0.0589 e. The van der Waals surface area contributed by atoms with Crippen LogP contribution in [0.25, 0.3) is 0 Å². The number of hydrazine groups is 1. The van der Waals surface area contributed by atoms with E-state index in [1.54, 1.807) is 5.57 Å². The molecule has 3 atom stereocenters. The largest absolute Gasteiger partial charge is 0.308 e. The van der Waals surface area contributed by atoms with Crippen LogP contribution in [0, 0.1) is 16.7 Å². The summed E-state index contributed by atoms with van der Waals surface area (Å²) in [7, 11) is 0. The quantitative estimate of drug-likeness (QED) is 0.667. The average molecular weight is 260 g/mol. The molecule has 0 radical (unpaired) electrons. The summed E-state index contributed by atoms with van der Waals surface area (Å²) in [5.74, 6) is 7.10. The lowest BCUT2D eigenvalue weighted by atomic mass is 9.64. The first-order valence-corrected chi connectivity index (χ1v) is 7.66. The molecular weight excluding hydrogens is 232 g/mol. The van der Waals surface area contributed by atoms with Crippen LogP contribution in [0.1, 0.15) is 60.3 Å². The van der Waals surface area contributed by atoms with E-state index >= 15 is 0 Å².